The summed E-state index contributed by atoms with van der Waals surface area (Å²) in [6.07, 6.45) is 0.854. The first-order valence-corrected chi connectivity index (χ1v) is 8.70. The summed E-state index contributed by atoms with van der Waals surface area (Å²) < 4.78 is 10.7. The van der Waals surface area contributed by atoms with Crippen LogP contribution in [0.15, 0.2) is 72.3 Å². The van der Waals surface area contributed by atoms with Gasteiger partial charge in [0.15, 0.2) is 0 Å². The highest BCUT2D eigenvalue weighted by Gasteiger charge is 2.20. The van der Waals surface area contributed by atoms with Gasteiger partial charge in [-0.2, -0.15) is 0 Å². The van der Waals surface area contributed by atoms with Gasteiger partial charge in [-0.05, 0) is 51.6 Å². The molecule has 0 saturated heterocycles. The van der Waals surface area contributed by atoms with Gasteiger partial charge in [0.05, 0.1) is 25.9 Å². The molecule has 1 aliphatic heterocycles. The van der Waals surface area contributed by atoms with Crippen molar-refractivity contribution in [3.63, 3.8) is 0 Å². The third-order valence-electron chi connectivity index (χ3n) is 4.82. The number of benzene rings is 3. The maximum atomic E-state index is 12.1. The van der Waals surface area contributed by atoms with Crippen LogP contribution in [0.25, 0.3) is 16.3 Å². The highest BCUT2D eigenvalue weighted by atomic mass is 16.5. The van der Waals surface area contributed by atoms with E-state index in [0.29, 0.717) is 18.8 Å². The Kier molecular flexibility index (Phi) is 4.55. The van der Waals surface area contributed by atoms with E-state index in [0.717, 1.165) is 22.8 Å². The van der Waals surface area contributed by atoms with Gasteiger partial charge < -0.3 is 9.47 Å². The van der Waals surface area contributed by atoms with Crippen molar-refractivity contribution < 1.29 is 14.3 Å². The number of carbonyl (C=O) groups excluding carboxylic acids is 1. The summed E-state index contributed by atoms with van der Waals surface area (Å²) in [6.45, 7) is 1.19. The minimum absolute atomic E-state index is 0.318. The Morgan fingerprint density at radius 2 is 1.77 bits per heavy atom. The van der Waals surface area contributed by atoms with Crippen molar-refractivity contribution >= 4 is 22.3 Å². The summed E-state index contributed by atoms with van der Waals surface area (Å²) in [5.74, 6) is -0.318. The van der Waals surface area contributed by atoms with Crippen LogP contribution in [0, 0.1) is 0 Å². The summed E-state index contributed by atoms with van der Waals surface area (Å²) in [6, 6.07) is 22.3. The number of rotatable bonds is 4. The minimum atomic E-state index is -0.318. The van der Waals surface area contributed by atoms with E-state index >= 15 is 0 Å². The second-order valence-electron chi connectivity index (χ2n) is 6.47. The summed E-state index contributed by atoms with van der Waals surface area (Å²) in [4.78, 5) is 12.1. The molecule has 0 bridgehead atoms. The van der Waals surface area contributed by atoms with Gasteiger partial charge in [0.25, 0.3) is 0 Å². The molecular weight excluding hydrogens is 324 g/mol. The molecule has 0 fully saturated rings. The first kappa shape index (κ1) is 16.6. The second-order valence-corrected chi connectivity index (χ2v) is 6.47. The molecule has 0 amide bonds. The molecule has 1 heterocycles. The van der Waals surface area contributed by atoms with Crippen LogP contribution in [0.4, 0.5) is 0 Å². The number of ether oxygens (including phenoxy) is 2. The van der Waals surface area contributed by atoms with Crippen LogP contribution >= 0.6 is 0 Å². The van der Waals surface area contributed by atoms with Crippen molar-refractivity contribution in [3.8, 4) is 0 Å². The molecule has 0 unspecified atom stereocenters. The molecular formula is C23H20O3. The summed E-state index contributed by atoms with van der Waals surface area (Å²) >= 11 is 0. The first-order chi connectivity index (χ1) is 12.8. The molecule has 0 spiro atoms. The Morgan fingerprint density at radius 3 is 2.58 bits per heavy atom. The first-order valence-electron chi connectivity index (χ1n) is 8.70. The highest BCUT2D eigenvalue weighted by molar-refractivity contribution is 6.01. The zero-order chi connectivity index (χ0) is 17.9. The second kappa shape index (κ2) is 7.14. The van der Waals surface area contributed by atoms with Gasteiger partial charge in [-0.1, -0.05) is 54.6 Å². The van der Waals surface area contributed by atoms with E-state index in [2.05, 4.69) is 30.3 Å². The monoisotopic (exact) mass is 344 g/mol. The fourth-order valence-electron chi connectivity index (χ4n) is 3.53. The fraction of sp³-hybridized carbons (Fsp3) is 0.174. The lowest BCUT2D eigenvalue weighted by molar-refractivity contribution is 0.0601. The lowest BCUT2D eigenvalue weighted by Crippen LogP contribution is -2.03. The topological polar surface area (TPSA) is 35.5 Å². The van der Waals surface area contributed by atoms with Crippen molar-refractivity contribution in [1.82, 2.24) is 0 Å². The van der Waals surface area contributed by atoms with Crippen LogP contribution < -0.4 is 0 Å². The van der Waals surface area contributed by atoms with E-state index in [1.165, 1.54) is 23.8 Å². The van der Waals surface area contributed by atoms with Crippen LogP contribution in [0.1, 0.15) is 21.5 Å². The molecule has 3 aromatic rings. The minimum Gasteiger partial charge on any atom is -0.465 e. The zero-order valence-corrected chi connectivity index (χ0v) is 14.7. The SMILES string of the molecule is COC(=O)c1cc(C2=C(Cc3ccccc3)COC2)c2ccccc2c1. The molecule has 0 N–H and O–H groups in total. The number of carbonyl (C=O) groups is 1. The molecule has 130 valence electrons. The molecule has 3 heteroatoms. The molecule has 0 saturated carbocycles. The number of hydrogen-bond donors (Lipinski definition) is 0. The van der Waals surface area contributed by atoms with Crippen LogP contribution in [0.2, 0.25) is 0 Å². The Hall–Kier alpha value is -2.91. The average Bonchev–Trinajstić information content (AvgIpc) is 3.15. The van der Waals surface area contributed by atoms with Gasteiger partial charge in [0, 0.05) is 0 Å². The molecule has 3 aromatic carbocycles. The third kappa shape index (κ3) is 3.14. The van der Waals surface area contributed by atoms with E-state index in [1.54, 1.807) is 0 Å². The van der Waals surface area contributed by atoms with E-state index < -0.39 is 0 Å². The molecule has 4 rings (SSSR count). The van der Waals surface area contributed by atoms with Crippen LogP contribution in [-0.2, 0) is 15.9 Å². The largest absolute Gasteiger partial charge is 0.465 e. The predicted octanol–water partition coefficient (Wildman–Crippen LogP) is 4.65. The van der Waals surface area contributed by atoms with E-state index in [1.807, 2.05) is 36.4 Å². The quantitative estimate of drug-likeness (QED) is 0.646. The number of methoxy groups -OCH3 is 1. The lowest BCUT2D eigenvalue weighted by Gasteiger charge is -2.12. The van der Waals surface area contributed by atoms with Crippen molar-refractivity contribution in [2.24, 2.45) is 0 Å². The van der Waals surface area contributed by atoms with Crippen molar-refractivity contribution in [1.29, 1.82) is 0 Å². The number of fused-ring (bicyclic) bond motifs is 1. The van der Waals surface area contributed by atoms with Crippen molar-refractivity contribution in [2.45, 2.75) is 6.42 Å². The molecule has 26 heavy (non-hydrogen) atoms. The Labute approximate surface area is 152 Å². The molecule has 0 aliphatic carbocycles. The van der Waals surface area contributed by atoms with Gasteiger partial charge in [-0.15, -0.1) is 0 Å². The van der Waals surface area contributed by atoms with E-state index in [-0.39, 0.29) is 5.97 Å². The lowest BCUT2D eigenvalue weighted by atomic mass is 9.92. The van der Waals surface area contributed by atoms with Gasteiger partial charge in [0.1, 0.15) is 0 Å². The number of esters is 1. The standard InChI is InChI=1S/C23H20O3/c1-25-23(24)18-12-17-9-5-6-10-20(17)21(13-18)22-15-26-14-19(22)11-16-7-3-2-4-8-16/h2-10,12-13H,11,14-15H2,1H3. The molecule has 1 aliphatic rings. The highest BCUT2D eigenvalue weighted by Crippen LogP contribution is 2.33. The van der Waals surface area contributed by atoms with E-state index in [9.17, 15) is 4.79 Å². The zero-order valence-electron chi connectivity index (χ0n) is 14.7. The molecule has 0 radical (unpaired) electrons. The Balaban J connectivity index is 1.86. The van der Waals surface area contributed by atoms with Crippen molar-refractivity contribution in [2.75, 3.05) is 20.3 Å². The Morgan fingerprint density at radius 1 is 1.00 bits per heavy atom. The maximum Gasteiger partial charge on any atom is 0.337 e. The normalized spacial score (nSPS) is 14.0. The third-order valence-corrected chi connectivity index (χ3v) is 4.82. The molecule has 0 atom stereocenters. The molecule has 3 nitrogen and oxygen atoms in total. The summed E-state index contributed by atoms with van der Waals surface area (Å²) in [5, 5.41) is 2.16. The Bertz CT molecular complexity index is 987. The van der Waals surface area contributed by atoms with Gasteiger partial charge in [-0.25, -0.2) is 4.79 Å². The number of hydrogen-bond acceptors (Lipinski definition) is 3. The maximum absolute atomic E-state index is 12.1. The van der Waals surface area contributed by atoms with Crippen molar-refractivity contribution in [3.05, 3.63) is 89.0 Å². The fourth-order valence-corrected chi connectivity index (χ4v) is 3.53. The molecule has 0 aromatic heterocycles. The van der Waals surface area contributed by atoms with Gasteiger partial charge in [0.2, 0.25) is 0 Å². The van der Waals surface area contributed by atoms with Gasteiger partial charge in [-0.3, -0.25) is 0 Å². The van der Waals surface area contributed by atoms with Crippen LogP contribution in [0.3, 0.4) is 0 Å². The van der Waals surface area contributed by atoms with Gasteiger partial charge >= 0.3 is 5.97 Å². The average molecular weight is 344 g/mol. The summed E-state index contributed by atoms with van der Waals surface area (Å²) in [7, 11) is 1.41. The van der Waals surface area contributed by atoms with Crippen LogP contribution in [0.5, 0.6) is 0 Å². The smallest absolute Gasteiger partial charge is 0.337 e. The van der Waals surface area contributed by atoms with Crippen LogP contribution in [-0.4, -0.2) is 26.3 Å². The van der Waals surface area contributed by atoms with E-state index in [4.69, 9.17) is 9.47 Å². The predicted molar refractivity (Wildman–Crippen MR) is 103 cm³/mol. The summed E-state index contributed by atoms with van der Waals surface area (Å²) in [5.41, 5.74) is 5.34.